The maximum absolute atomic E-state index is 10.7. The Balaban J connectivity index is 1.76. The van der Waals surface area contributed by atoms with Crippen molar-refractivity contribution >= 4 is 6.29 Å². The van der Waals surface area contributed by atoms with Crippen molar-refractivity contribution in [2.45, 2.75) is 44.9 Å². The molecule has 1 nitrogen and oxygen atoms in total. The van der Waals surface area contributed by atoms with Crippen LogP contribution in [0.25, 0.3) is 0 Å². The number of hydrogen-bond donors (Lipinski definition) is 0. The summed E-state index contributed by atoms with van der Waals surface area (Å²) in [4.78, 5) is 10.7. The molecule has 0 aromatic rings. The zero-order chi connectivity index (χ0) is 7.73. The fraction of sp³-hybridized carbons (Fsp3) is 0.900. The lowest BCUT2D eigenvalue weighted by molar-refractivity contribution is -0.121. The highest BCUT2D eigenvalue weighted by atomic mass is 16.1. The predicted octanol–water partition coefficient (Wildman–Crippen LogP) is 2.55. The van der Waals surface area contributed by atoms with Gasteiger partial charge in [0.1, 0.15) is 6.29 Å². The molecule has 0 N–H and O–H groups in total. The minimum absolute atomic E-state index is 0.155. The van der Waals surface area contributed by atoms with E-state index in [1.54, 1.807) is 0 Å². The second kappa shape index (κ2) is 2.62. The molecule has 0 spiro atoms. The van der Waals surface area contributed by atoms with E-state index >= 15 is 0 Å². The van der Waals surface area contributed by atoms with Gasteiger partial charge in [-0.3, -0.25) is 0 Å². The van der Waals surface area contributed by atoms with Crippen LogP contribution in [-0.4, -0.2) is 6.29 Å². The third kappa shape index (κ3) is 1.47. The number of hydrogen-bond acceptors (Lipinski definition) is 1. The molecule has 2 saturated carbocycles. The Labute approximate surface area is 68.2 Å². The first-order chi connectivity index (χ1) is 5.35. The van der Waals surface area contributed by atoms with E-state index in [2.05, 4.69) is 0 Å². The lowest BCUT2D eigenvalue weighted by Gasteiger charge is -2.36. The summed E-state index contributed by atoms with van der Waals surface area (Å²) in [6, 6.07) is 0. The number of aldehydes is 1. The van der Waals surface area contributed by atoms with Crippen molar-refractivity contribution in [1.82, 2.24) is 0 Å². The fourth-order valence-corrected chi connectivity index (χ4v) is 1.96. The topological polar surface area (TPSA) is 17.1 Å². The van der Waals surface area contributed by atoms with Gasteiger partial charge in [-0.15, -0.1) is 0 Å². The maximum Gasteiger partial charge on any atom is 0.126 e. The molecule has 0 bridgehead atoms. The average molecular weight is 152 g/mol. The summed E-state index contributed by atoms with van der Waals surface area (Å²) in [7, 11) is 0. The molecule has 0 aliphatic heterocycles. The van der Waals surface area contributed by atoms with E-state index in [4.69, 9.17) is 0 Å². The molecule has 0 unspecified atom stereocenters. The van der Waals surface area contributed by atoms with Crippen LogP contribution in [0.1, 0.15) is 44.9 Å². The molecule has 2 aliphatic carbocycles. The molecule has 2 aliphatic rings. The van der Waals surface area contributed by atoms with E-state index in [-0.39, 0.29) is 5.41 Å². The van der Waals surface area contributed by atoms with Crippen molar-refractivity contribution in [2.24, 2.45) is 11.3 Å². The Morgan fingerprint density at radius 2 is 2.09 bits per heavy atom. The molecule has 0 aromatic heterocycles. The van der Waals surface area contributed by atoms with Gasteiger partial charge in [0.25, 0.3) is 0 Å². The second-order valence-corrected chi connectivity index (χ2v) is 4.32. The minimum atomic E-state index is 0.155. The number of carbonyl (C=O) groups is 1. The van der Waals surface area contributed by atoms with Crippen molar-refractivity contribution in [3.8, 4) is 0 Å². The monoisotopic (exact) mass is 152 g/mol. The van der Waals surface area contributed by atoms with Crippen LogP contribution in [-0.2, 0) is 4.79 Å². The van der Waals surface area contributed by atoms with Gasteiger partial charge in [0.05, 0.1) is 0 Å². The predicted molar refractivity (Wildman–Crippen MR) is 44.3 cm³/mol. The quantitative estimate of drug-likeness (QED) is 0.566. The van der Waals surface area contributed by atoms with Gasteiger partial charge < -0.3 is 4.79 Å². The van der Waals surface area contributed by atoms with Crippen LogP contribution in [0.3, 0.4) is 0 Å². The lowest BCUT2D eigenvalue weighted by atomic mass is 9.67. The Morgan fingerprint density at radius 1 is 1.36 bits per heavy atom. The second-order valence-electron chi connectivity index (χ2n) is 4.32. The SMILES string of the molecule is O=CC1(CCC2CC2)CCC1. The highest BCUT2D eigenvalue weighted by molar-refractivity contribution is 5.60. The molecule has 0 atom stereocenters. The Bertz CT molecular complexity index is 154. The Hall–Kier alpha value is -0.330. The van der Waals surface area contributed by atoms with Crippen LogP contribution < -0.4 is 0 Å². The van der Waals surface area contributed by atoms with Crippen LogP contribution in [0, 0.1) is 11.3 Å². The van der Waals surface area contributed by atoms with Gasteiger partial charge in [-0.2, -0.15) is 0 Å². The maximum atomic E-state index is 10.7. The third-order valence-corrected chi connectivity index (χ3v) is 3.35. The van der Waals surface area contributed by atoms with E-state index in [9.17, 15) is 4.79 Å². The fourth-order valence-electron chi connectivity index (χ4n) is 1.96. The first-order valence-corrected chi connectivity index (χ1v) is 4.81. The zero-order valence-corrected chi connectivity index (χ0v) is 7.01. The van der Waals surface area contributed by atoms with Crippen LogP contribution in [0.2, 0.25) is 0 Å². The van der Waals surface area contributed by atoms with Gasteiger partial charge in [0, 0.05) is 5.41 Å². The summed E-state index contributed by atoms with van der Waals surface area (Å²) in [6.07, 6.45) is 10.2. The number of carbonyl (C=O) groups excluding carboxylic acids is 1. The summed E-state index contributed by atoms with van der Waals surface area (Å²) >= 11 is 0. The standard InChI is InChI=1S/C10H16O/c11-8-10(5-1-6-10)7-4-9-2-3-9/h8-9H,1-7H2. The lowest BCUT2D eigenvalue weighted by Crippen LogP contribution is -2.30. The summed E-state index contributed by atoms with van der Waals surface area (Å²) in [5.41, 5.74) is 0.155. The molecule has 0 aromatic carbocycles. The van der Waals surface area contributed by atoms with Gasteiger partial charge >= 0.3 is 0 Å². The van der Waals surface area contributed by atoms with E-state index < -0.39 is 0 Å². The van der Waals surface area contributed by atoms with Gasteiger partial charge in [-0.05, 0) is 31.6 Å². The van der Waals surface area contributed by atoms with Gasteiger partial charge in [-0.1, -0.05) is 19.3 Å². The normalized spacial score (nSPS) is 27.6. The third-order valence-electron chi connectivity index (χ3n) is 3.35. The van der Waals surface area contributed by atoms with Crippen LogP contribution in [0.5, 0.6) is 0 Å². The first kappa shape index (κ1) is 7.33. The summed E-state index contributed by atoms with van der Waals surface area (Å²) in [6.45, 7) is 0. The van der Waals surface area contributed by atoms with E-state index in [0.29, 0.717) is 0 Å². The smallest absolute Gasteiger partial charge is 0.126 e. The molecule has 0 heterocycles. The summed E-state index contributed by atoms with van der Waals surface area (Å²) < 4.78 is 0. The molecular formula is C10H16O. The van der Waals surface area contributed by atoms with Gasteiger partial charge in [0.15, 0.2) is 0 Å². The highest BCUT2D eigenvalue weighted by Crippen LogP contribution is 2.46. The van der Waals surface area contributed by atoms with E-state index in [1.807, 2.05) is 0 Å². The molecule has 0 radical (unpaired) electrons. The number of rotatable bonds is 4. The van der Waals surface area contributed by atoms with Crippen molar-refractivity contribution in [3.05, 3.63) is 0 Å². The van der Waals surface area contributed by atoms with Crippen molar-refractivity contribution in [1.29, 1.82) is 0 Å². The van der Waals surface area contributed by atoms with Gasteiger partial charge in [-0.25, -0.2) is 0 Å². The van der Waals surface area contributed by atoms with Crippen molar-refractivity contribution in [3.63, 3.8) is 0 Å². The first-order valence-electron chi connectivity index (χ1n) is 4.81. The molecule has 1 heteroatoms. The molecular weight excluding hydrogens is 136 g/mol. The van der Waals surface area contributed by atoms with Crippen LogP contribution >= 0.6 is 0 Å². The Kier molecular flexibility index (Phi) is 1.74. The zero-order valence-electron chi connectivity index (χ0n) is 7.01. The van der Waals surface area contributed by atoms with Crippen LogP contribution in [0.15, 0.2) is 0 Å². The van der Waals surface area contributed by atoms with E-state index in [0.717, 1.165) is 5.92 Å². The largest absolute Gasteiger partial charge is 0.303 e. The van der Waals surface area contributed by atoms with Crippen LogP contribution in [0.4, 0.5) is 0 Å². The van der Waals surface area contributed by atoms with Gasteiger partial charge in [0.2, 0.25) is 0 Å². The molecule has 2 rings (SSSR count). The molecule has 62 valence electrons. The molecule has 11 heavy (non-hydrogen) atoms. The highest BCUT2D eigenvalue weighted by Gasteiger charge is 2.37. The summed E-state index contributed by atoms with van der Waals surface area (Å²) in [5, 5.41) is 0. The summed E-state index contributed by atoms with van der Waals surface area (Å²) in [5.74, 6) is 0.993. The average Bonchev–Trinajstić information content (AvgIpc) is 2.70. The van der Waals surface area contributed by atoms with E-state index in [1.165, 1.54) is 51.2 Å². The molecule has 2 fully saturated rings. The Morgan fingerprint density at radius 3 is 2.45 bits per heavy atom. The van der Waals surface area contributed by atoms with Crippen molar-refractivity contribution < 1.29 is 4.79 Å². The molecule has 0 amide bonds. The molecule has 0 saturated heterocycles. The minimum Gasteiger partial charge on any atom is -0.303 e. The van der Waals surface area contributed by atoms with Crippen molar-refractivity contribution in [2.75, 3.05) is 0 Å².